The Balaban J connectivity index is 1.71. The number of aromatic nitrogens is 2. The summed E-state index contributed by atoms with van der Waals surface area (Å²) in [6.07, 6.45) is 2.34. The number of benzene rings is 2. The Labute approximate surface area is 141 Å². The van der Waals surface area contributed by atoms with Gasteiger partial charge in [-0.3, -0.25) is 0 Å². The molecule has 4 rings (SSSR count). The largest absolute Gasteiger partial charge is 0.399 e. The number of fused-ring (bicyclic) bond motifs is 1. The molecule has 2 aromatic carbocycles. The lowest BCUT2D eigenvalue weighted by molar-refractivity contribution is -0.00521. The lowest BCUT2D eigenvalue weighted by Crippen LogP contribution is -2.45. The van der Waals surface area contributed by atoms with Crippen LogP contribution in [0.25, 0.3) is 16.6 Å². The quantitative estimate of drug-likeness (QED) is 0.736. The van der Waals surface area contributed by atoms with Crippen LogP contribution in [0.5, 0.6) is 0 Å². The molecule has 3 aromatic rings. The van der Waals surface area contributed by atoms with Gasteiger partial charge in [0.1, 0.15) is 0 Å². The van der Waals surface area contributed by atoms with E-state index in [0.29, 0.717) is 0 Å². The zero-order chi connectivity index (χ0) is 16.7. The Hall–Kier alpha value is -2.53. The van der Waals surface area contributed by atoms with Crippen LogP contribution < -0.4 is 10.6 Å². The third kappa shape index (κ3) is 2.71. The molecule has 1 aliphatic rings. The molecule has 2 N–H and O–H groups in total. The van der Waals surface area contributed by atoms with Gasteiger partial charge in [-0.2, -0.15) is 5.10 Å². The minimum Gasteiger partial charge on any atom is -0.399 e. The van der Waals surface area contributed by atoms with E-state index >= 15 is 0 Å². The first-order valence-corrected chi connectivity index (χ1v) is 8.34. The van der Waals surface area contributed by atoms with Crippen molar-refractivity contribution in [2.75, 3.05) is 23.7 Å². The summed E-state index contributed by atoms with van der Waals surface area (Å²) < 4.78 is 7.80. The first-order chi connectivity index (χ1) is 11.6. The number of hydrogen-bond acceptors (Lipinski definition) is 4. The van der Waals surface area contributed by atoms with Gasteiger partial charge in [0.25, 0.3) is 0 Å². The average molecular weight is 322 g/mol. The van der Waals surface area contributed by atoms with Crippen molar-refractivity contribution in [1.29, 1.82) is 0 Å². The third-order valence-electron chi connectivity index (χ3n) is 4.45. The van der Waals surface area contributed by atoms with E-state index in [1.54, 1.807) is 0 Å². The molecule has 1 aliphatic heterocycles. The van der Waals surface area contributed by atoms with Gasteiger partial charge in [-0.05, 0) is 50.2 Å². The highest BCUT2D eigenvalue weighted by atomic mass is 16.5. The minimum absolute atomic E-state index is 0.242. The van der Waals surface area contributed by atoms with Crippen molar-refractivity contribution in [3.63, 3.8) is 0 Å². The van der Waals surface area contributed by atoms with Gasteiger partial charge in [-0.15, -0.1) is 0 Å². The van der Waals surface area contributed by atoms with Crippen LogP contribution in [0.3, 0.4) is 0 Å². The Morgan fingerprint density at radius 2 is 1.79 bits per heavy atom. The number of nitrogen functional groups attached to an aromatic ring is 1. The maximum atomic E-state index is 5.86. The van der Waals surface area contributed by atoms with Gasteiger partial charge in [0, 0.05) is 29.9 Å². The van der Waals surface area contributed by atoms with Crippen molar-refractivity contribution >= 4 is 22.3 Å². The highest BCUT2D eigenvalue weighted by Crippen LogP contribution is 2.25. The number of nitrogens with two attached hydrogens (primary N) is 1. The summed E-state index contributed by atoms with van der Waals surface area (Å²) in [7, 11) is 0. The van der Waals surface area contributed by atoms with E-state index in [0.717, 1.165) is 35.4 Å². The van der Waals surface area contributed by atoms with E-state index in [4.69, 9.17) is 10.5 Å². The van der Waals surface area contributed by atoms with Gasteiger partial charge in [0.05, 0.1) is 29.6 Å². The van der Waals surface area contributed by atoms with E-state index in [1.807, 2.05) is 29.1 Å². The number of morpholine rings is 1. The second-order valence-corrected chi connectivity index (χ2v) is 6.56. The van der Waals surface area contributed by atoms with Crippen LogP contribution in [0, 0.1) is 0 Å². The van der Waals surface area contributed by atoms with Crippen LogP contribution in [0.15, 0.2) is 48.7 Å². The molecule has 24 heavy (non-hydrogen) atoms. The molecule has 5 nitrogen and oxygen atoms in total. The normalized spacial score (nSPS) is 21.3. The predicted molar refractivity (Wildman–Crippen MR) is 97.7 cm³/mol. The van der Waals surface area contributed by atoms with Gasteiger partial charge in [-0.1, -0.05) is 6.07 Å². The average Bonchev–Trinajstić information content (AvgIpc) is 2.97. The maximum absolute atomic E-state index is 5.86. The van der Waals surface area contributed by atoms with Crippen LogP contribution in [-0.2, 0) is 4.74 Å². The standard InChI is InChI=1S/C19H22N4O/c1-13-11-22(12-14(2)24-13)17-4-3-5-18(9-17)23-19-7-6-16(20)8-15(19)10-21-23/h3-10,13-14H,11-12,20H2,1-2H3/t13-,14+. The van der Waals surface area contributed by atoms with Crippen LogP contribution in [0.2, 0.25) is 0 Å². The first-order valence-electron chi connectivity index (χ1n) is 8.34. The second kappa shape index (κ2) is 5.83. The predicted octanol–water partition coefficient (Wildman–Crippen LogP) is 3.22. The molecule has 0 saturated carbocycles. The molecule has 0 radical (unpaired) electrons. The summed E-state index contributed by atoms with van der Waals surface area (Å²) in [5.74, 6) is 0. The molecule has 5 heteroatoms. The number of ether oxygens (including phenoxy) is 1. The Bertz CT molecular complexity index is 863. The van der Waals surface area contributed by atoms with Crippen LogP contribution in [0.1, 0.15) is 13.8 Å². The highest BCUT2D eigenvalue weighted by Gasteiger charge is 2.22. The fourth-order valence-electron chi connectivity index (χ4n) is 3.47. The molecule has 0 aliphatic carbocycles. The summed E-state index contributed by atoms with van der Waals surface area (Å²) >= 11 is 0. The number of hydrogen-bond donors (Lipinski definition) is 1. The molecule has 2 atom stereocenters. The topological polar surface area (TPSA) is 56.3 Å². The van der Waals surface area contributed by atoms with Gasteiger partial charge in [0.2, 0.25) is 0 Å². The highest BCUT2D eigenvalue weighted by molar-refractivity contribution is 5.83. The Morgan fingerprint density at radius 3 is 2.58 bits per heavy atom. The molecule has 2 heterocycles. The molecule has 0 bridgehead atoms. The molecule has 1 aromatic heterocycles. The molecule has 1 saturated heterocycles. The van der Waals surface area contributed by atoms with E-state index in [2.05, 4.69) is 48.1 Å². The SMILES string of the molecule is C[C@@H]1CN(c2cccc(-n3ncc4cc(N)ccc43)c2)C[C@H](C)O1. The zero-order valence-corrected chi connectivity index (χ0v) is 14.0. The first kappa shape index (κ1) is 15.0. The number of rotatable bonds is 2. The van der Waals surface area contributed by atoms with Gasteiger partial charge < -0.3 is 15.4 Å². The maximum Gasteiger partial charge on any atom is 0.0742 e. The fourth-order valence-corrected chi connectivity index (χ4v) is 3.47. The Kier molecular flexibility index (Phi) is 3.65. The molecule has 0 unspecified atom stereocenters. The van der Waals surface area contributed by atoms with Gasteiger partial charge in [-0.25, -0.2) is 4.68 Å². The van der Waals surface area contributed by atoms with Crippen molar-refractivity contribution in [2.45, 2.75) is 26.1 Å². The molecule has 124 valence electrons. The lowest BCUT2D eigenvalue weighted by Gasteiger charge is -2.37. The summed E-state index contributed by atoms with van der Waals surface area (Å²) in [5.41, 5.74) is 9.94. The second-order valence-electron chi connectivity index (χ2n) is 6.56. The van der Waals surface area contributed by atoms with Crippen LogP contribution in [0.4, 0.5) is 11.4 Å². The minimum atomic E-state index is 0.242. The summed E-state index contributed by atoms with van der Waals surface area (Å²) in [5, 5.41) is 5.59. The van der Waals surface area contributed by atoms with Gasteiger partial charge in [0.15, 0.2) is 0 Å². The molecular formula is C19H22N4O. The molecule has 1 fully saturated rings. The molecule has 0 amide bonds. The fraction of sp³-hybridized carbons (Fsp3) is 0.316. The Morgan fingerprint density at radius 1 is 1.04 bits per heavy atom. The third-order valence-corrected chi connectivity index (χ3v) is 4.45. The van der Waals surface area contributed by atoms with Crippen LogP contribution in [-0.4, -0.2) is 35.1 Å². The molecular weight excluding hydrogens is 300 g/mol. The van der Waals surface area contributed by atoms with Crippen molar-refractivity contribution in [3.05, 3.63) is 48.7 Å². The molecule has 0 spiro atoms. The number of nitrogens with zero attached hydrogens (tertiary/aromatic N) is 3. The van der Waals surface area contributed by atoms with Crippen molar-refractivity contribution in [1.82, 2.24) is 9.78 Å². The van der Waals surface area contributed by atoms with E-state index in [-0.39, 0.29) is 12.2 Å². The zero-order valence-electron chi connectivity index (χ0n) is 14.0. The van der Waals surface area contributed by atoms with E-state index in [9.17, 15) is 0 Å². The smallest absolute Gasteiger partial charge is 0.0742 e. The summed E-state index contributed by atoms with van der Waals surface area (Å²) in [6.45, 7) is 6.06. The van der Waals surface area contributed by atoms with Crippen molar-refractivity contribution < 1.29 is 4.74 Å². The monoisotopic (exact) mass is 322 g/mol. The van der Waals surface area contributed by atoms with Crippen LogP contribution >= 0.6 is 0 Å². The number of anilines is 2. The summed E-state index contributed by atoms with van der Waals surface area (Å²) in [6, 6.07) is 14.4. The van der Waals surface area contributed by atoms with E-state index < -0.39 is 0 Å². The lowest BCUT2D eigenvalue weighted by atomic mass is 10.2. The van der Waals surface area contributed by atoms with Crippen molar-refractivity contribution in [2.24, 2.45) is 0 Å². The summed E-state index contributed by atoms with van der Waals surface area (Å²) in [4.78, 5) is 2.38. The van der Waals surface area contributed by atoms with E-state index in [1.165, 1.54) is 5.69 Å². The van der Waals surface area contributed by atoms with Crippen molar-refractivity contribution in [3.8, 4) is 5.69 Å². The van der Waals surface area contributed by atoms with Gasteiger partial charge >= 0.3 is 0 Å².